The van der Waals surface area contributed by atoms with Crippen LogP contribution in [0.25, 0.3) is 0 Å². The third-order valence-electron chi connectivity index (χ3n) is 2.64. The Bertz CT molecular complexity index is 303. The lowest BCUT2D eigenvalue weighted by Gasteiger charge is -2.20. The molecule has 2 heteroatoms. The van der Waals surface area contributed by atoms with Gasteiger partial charge in [-0.05, 0) is 43.1 Å². The highest BCUT2D eigenvalue weighted by molar-refractivity contribution is 6.30. The van der Waals surface area contributed by atoms with E-state index in [1.54, 1.807) is 0 Å². The Morgan fingerprint density at radius 1 is 1.33 bits per heavy atom. The molecule has 0 bridgehead atoms. The molecule has 1 unspecified atom stereocenters. The molecule has 0 spiro atoms. The van der Waals surface area contributed by atoms with E-state index >= 15 is 0 Å². The van der Waals surface area contributed by atoms with Crippen molar-refractivity contribution in [3.63, 3.8) is 0 Å². The van der Waals surface area contributed by atoms with Crippen molar-refractivity contribution in [1.82, 2.24) is 5.32 Å². The molecule has 0 aliphatic carbocycles. The lowest BCUT2D eigenvalue weighted by molar-refractivity contribution is 0.507. The second-order valence-electron chi connectivity index (χ2n) is 3.90. The topological polar surface area (TPSA) is 12.0 Å². The summed E-state index contributed by atoms with van der Waals surface area (Å²) in [7, 11) is 0. The van der Waals surface area contributed by atoms with Gasteiger partial charge in [0.15, 0.2) is 0 Å². The summed E-state index contributed by atoms with van der Waals surface area (Å²) in [5, 5.41) is 4.34. The van der Waals surface area contributed by atoms with Gasteiger partial charge in [-0.2, -0.15) is 0 Å². The van der Waals surface area contributed by atoms with Gasteiger partial charge in [-0.25, -0.2) is 0 Å². The molecular formula is C13H20ClN. The monoisotopic (exact) mass is 225 g/mol. The molecule has 1 nitrogen and oxygen atoms in total. The summed E-state index contributed by atoms with van der Waals surface area (Å²) < 4.78 is 0. The van der Waals surface area contributed by atoms with E-state index < -0.39 is 0 Å². The van der Waals surface area contributed by atoms with E-state index in [-0.39, 0.29) is 0 Å². The first-order valence-electron chi connectivity index (χ1n) is 5.68. The first kappa shape index (κ1) is 12.5. The van der Waals surface area contributed by atoms with Gasteiger partial charge >= 0.3 is 0 Å². The van der Waals surface area contributed by atoms with Crippen LogP contribution in [-0.4, -0.2) is 6.54 Å². The molecule has 0 heterocycles. The maximum Gasteiger partial charge on any atom is 0.0409 e. The zero-order valence-corrected chi connectivity index (χ0v) is 10.6. The third kappa shape index (κ3) is 3.51. The van der Waals surface area contributed by atoms with Crippen molar-refractivity contribution in [2.75, 3.05) is 6.54 Å². The van der Waals surface area contributed by atoms with Crippen LogP contribution in [0.15, 0.2) is 18.2 Å². The fraction of sp³-hybridized carbons (Fsp3) is 0.538. The number of aryl methyl sites for hydroxylation is 1. The fourth-order valence-electron chi connectivity index (χ4n) is 1.89. The Morgan fingerprint density at radius 2 is 2.07 bits per heavy atom. The van der Waals surface area contributed by atoms with Crippen LogP contribution in [0.3, 0.4) is 0 Å². The Balaban J connectivity index is 2.93. The second-order valence-corrected chi connectivity index (χ2v) is 4.34. The SMILES string of the molecule is CCCC(NCC)c1cc(Cl)ccc1C. The van der Waals surface area contributed by atoms with Crippen LogP contribution in [0.5, 0.6) is 0 Å². The molecule has 1 rings (SSSR count). The van der Waals surface area contributed by atoms with E-state index in [1.807, 2.05) is 6.07 Å². The van der Waals surface area contributed by atoms with Crippen LogP contribution in [-0.2, 0) is 0 Å². The third-order valence-corrected chi connectivity index (χ3v) is 2.88. The van der Waals surface area contributed by atoms with Gasteiger partial charge in [0.2, 0.25) is 0 Å². The van der Waals surface area contributed by atoms with E-state index in [9.17, 15) is 0 Å². The van der Waals surface area contributed by atoms with E-state index in [4.69, 9.17) is 11.6 Å². The summed E-state index contributed by atoms with van der Waals surface area (Å²) in [4.78, 5) is 0. The van der Waals surface area contributed by atoms with Crippen LogP contribution in [0.2, 0.25) is 5.02 Å². The smallest absolute Gasteiger partial charge is 0.0409 e. The van der Waals surface area contributed by atoms with Gasteiger partial charge in [0, 0.05) is 11.1 Å². The maximum absolute atomic E-state index is 6.03. The minimum absolute atomic E-state index is 0.443. The van der Waals surface area contributed by atoms with Crippen molar-refractivity contribution in [3.05, 3.63) is 34.3 Å². The van der Waals surface area contributed by atoms with Gasteiger partial charge in [-0.1, -0.05) is 37.9 Å². The van der Waals surface area contributed by atoms with Crippen molar-refractivity contribution >= 4 is 11.6 Å². The van der Waals surface area contributed by atoms with E-state index in [0.29, 0.717) is 6.04 Å². The first-order chi connectivity index (χ1) is 7.19. The van der Waals surface area contributed by atoms with E-state index in [0.717, 1.165) is 18.0 Å². The van der Waals surface area contributed by atoms with E-state index in [2.05, 4.69) is 38.2 Å². The molecule has 1 aromatic rings. The molecule has 0 aromatic heterocycles. The van der Waals surface area contributed by atoms with Gasteiger partial charge in [0.1, 0.15) is 0 Å². The van der Waals surface area contributed by atoms with Crippen molar-refractivity contribution < 1.29 is 0 Å². The molecule has 0 saturated carbocycles. The zero-order valence-electron chi connectivity index (χ0n) is 9.81. The molecule has 0 fully saturated rings. The number of benzene rings is 1. The van der Waals surface area contributed by atoms with E-state index in [1.165, 1.54) is 17.5 Å². The Kier molecular flexibility index (Phi) is 5.13. The van der Waals surface area contributed by atoms with Gasteiger partial charge in [0.05, 0.1) is 0 Å². The fourth-order valence-corrected chi connectivity index (χ4v) is 2.07. The zero-order chi connectivity index (χ0) is 11.3. The highest BCUT2D eigenvalue weighted by Crippen LogP contribution is 2.25. The molecule has 0 aliphatic rings. The standard InChI is InChI=1S/C13H20ClN/c1-4-6-13(15-5-2)12-9-11(14)8-7-10(12)3/h7-9,13,15H,4-6H2,1-3H3. The van der Waals surface area contributed by atoms with Crippen LogP contribution >= 0.6 is 11.6 Å². The molecule has 1 N–H and O–H groups in total. The normalized spacial score (nSPS) is 12.8. The van der Waals surface area contributed by atoms with Gasteiger partial charge < -0.3 is 5.32 Å². The molecule has 0 amide bonds. The molecule has 0 aliphatic heterocycles. The van der Waals surface area contributed by atoms with Crippen LogP contribution in [0.4, 0.5) is 0 Å². The van der Waals surface area contributed by atoms with Gasteiger partial charge in [-0.15, -0.1) is 0 Å². The quantitative estimate of drug-likeness (QED) is 0.796. The molecular weight excluding hydrogens is 206 g/mol. The number of hydrogen-bond acceptors (Lipinski definition) is 1. The molecule has 0 radical (unpaired) electrons. The predicted octanol–water partition coefficient (Wildman–Crippen LogP) is 4.10. The van der Waals surface area contributed by atoms with Crippen molar-refractivity contribution in [3.8, 4) is 0 Å². The largest absolute Gasteiger partial charge is 0.310 e. The summed E-state index contributed by atoms with van der Waals surface area (Å²) in [5.74, 6) is 0. The molecule has 1 atom stereocenters. The average molecular weight is 226 g/mol. The summed E-state index contributed by atoms with van der Waals surface area (Å²) in [6, 6.07) is 6.58. The highest BCUT2D eigenvalue weighted by atomic mass is 35.5. The summed E-state index contributed by atoms with van der Waals surface area (Å²) in [6.45, 7) is 7.50. The van der Waals surface area contributed by atoms with Crippen molar-refractivity contribution in [2.24, 2.45) is 0 Å². The Labute approximate surface area is 97.8 Å². The number of halogens is 1. The number of nitrogens with one attached hydrogen (secondary N) is 1. The Morgan fingerprint density at radius 3 is 2.67 bits per heavy atom. The molecule has 1 aromatic carbocycles. The lowest BCUT2D eigenvalue weighted by atomic mass is 9.98. The van der Waals surface area contributed by atoms with Crippen LogP contribution < -0.4 is 5.32 Å². The second kappa shape index (κ2) is 6.14. The van der Waals surface area contributed by atoms with Crippen LogP contribution in [0, 0.1) is 6.92 Å². The van der Waals surface area contributed by atoms with Gasteiger partial charge in [0.25, 0.3) is 0 Å². The van der Waals surface area contributed by atoms with Gasteiger partial charge in [-0.3, -0.25) is 0 Å². The first-order valence-corrected chi connectivity index (χ1v) is 6.06. The minimum Gasteiger partial charge on any atom is -0.310 e. The molecule has 15 heavy (non-hydrogen) atoms. The number of hydrogen-bond donors (Lipinski definition) is 1. The molecule has 0 saturated heterocycles. The number of rotatable bonds is 5. The minimum atomic E-state index is 0.443. The highest BCUT2D eigenvalue weighted by Gasteiger charge is 2.11. The predicted molar refractivity (Wildman–Crippen MR) is 67.5 cm³/mol. The maximum atomic E-state index is 6.03. The summed E-state index contributed by atoms with van der Waals surface area (Å²) in [5.41, 5.74) is 2.66. The summed E-state index contributed by atoms with van der Waals surface area (Å²) in [6.07, 6.45) is 2.35. The molecule has 84 valence electrons. The van der Waals surface area contributed by atoms with Crippen molar-refractivity contribution in [1.29, 1.82) is 0 Å². The summed E-state index contributed by atoms with van der Waals surface area (Å²) >= 11 is 6.03. The lowest BCUT2D eigenvalue weighted by Crippen LogP contribution is -2.21. The van der Waals surface area contributed by atoms with Crippen LogP contribution in [0.1, 0.15) is 43.9 Å². The van der Waals surface area contributed by atoms with Crippen molar-refractivity contribution in [2.45, 2.75) is 39.7 Å². The average Bonchev–Trinajstić information content (AvgIpc) is 2.21. The Hall–Kier alpha value is -0.530.